The van der Waals surface area contributed by atoms with Crippen LogP contribution in [0, 0.1) is 5.92 Å². The van der Waals surface area contributed by atoms with Gasteiger partial charge in [0.15, 0.2) is 11.5 Å². The van der Waals surface area contributed by atoms with E-state index in [2.05, 4.69) is 22.4 Å². The van der Waals surface area contributed by atoms with Crippen LogP contribution in [0.3, 0.4) is 0 Å². The lowest BCUT2D eigenvalue weighted by Gasteiger charge is -2.32. The van der Waals surface area contributed by atoms with Crippen molar-refractivity contribution < 1.29 is 14.2 Å². The van der Waals surface area contributed by atoms with Crippen molar-refractivity contribution in [2.24, 2.45) is 5.92 Å². The minimum absolute atomic E-state index is 0.188. The number of aromatic nitrogens is 2. The van der Waals surface area contributed by atoms with Crippen molar-refractivity contribution in [3.63, 3.8) is 0 Å². The number of ether oxygens (including phenoxy) is 3. The Morgan fingerprint density at radius 2 is 1.85 bits per heavy atom. The van der Waals surface area contributed by atoms with Crippen LogP contribution < -0.4 is 30.8 Å². The van der Waals surface area contributed by atoms with Crippen molar-refractivity contribution >= 4 is 10.9 Å². The number of nitrogens with one attached hydrogen (secondary N) is 2. The quantitative estimate of drug-likeness (QED) is 0.598. The third-order valence-electron chi connectivity index (χ3n) is 7.26. The van der Waals surface area contributed by atoms with Crippen LogP contribution in [0.25, 0.3) is 10.9 Å². The average Bonchev–Trinajstić information content (AvgIpc) is 3.26. The number of hydrogen-bond acceptors (Lipinski definition) is 6. The summed E-state index contributed by atoms with van der Waals surface area (Å²) in [5.41, 5.74) is 2.21. The van der Waals surface area contributed by atoms with E-state index in [0.717, 1.165) is 25.1 Å². The van der Waals surface area contributed by atoms with Crippen molar-refractivity contribution in [3.8, 4) is 17.2 Å². The fourth-order valence-corrected chi connectivity index (χ4v) is 5.72. The van der Waals surface area contributed by atoms with Gasteiger partial charge in [-0.05, 0) is 61.1 Å². The fraction of sp³-hybridized carbons (Fsp3) is 0.440. The van der Waals surface area contributed by atoms with Crippen molar-refractivity contribution in [2.75, 3.05) is 27.9 Å². The number of hydrogen-bond donors (Lipinski definition) is 2. The molecule has 174 valence electrons. The average molecular weight is 452 g/mol. The first-order valence-electron chi connectivity index (χ1n) is 11.3. The maximum Gasteiger partial charge on any atom is 0.328 e. The standard InChI is InChI=1S/C25H29N3O5/c1-31-19-6-4-5-16-15(19)8-7-14-13-26-18(21(14)16)11-12-28-24(29)17-9-10-20(32-2)23(33-3)22(17)27-25(28)30/h4-6,9-10,14,18,21,26H,7-8,11-13H2,1-3H3,(H,27,30). The van der Waals surface area contributed by atoms with Crippen LogP contribution in [-0.2, 0) is 13.0 Å². The van der Waals surface area contributed by atoms with Crippen LogP contribution in [0.4, 0.5) is 0 Å². The monoisotopic (exact) mass is 451 g/mol. The third-order valence-corrected chi connectivity index (χ3v) is 7.26. The van der Waals surface area contributed by atoms with Gasteiger partial charge in [-0.25, -0.2) is 4.79 Å². The third kappa shape index (κ3) is 3.49. The molecule has 2 N–H and O–H groups in total. The summed E-state index contributed by atoms with van der Waals surface area (Å²) < 4.78 is 17.6. The van der Waals surface area contributed by atoms with E-state index >= 15 is 0 Å². The second-order valence-electron chi connectivity index (χ2n) is 8.77. The minimum Gasteiger partial charge on any atom is -0.496 e. The molecule has 0 radical (unpaired) electrons. The van der Waals surface area contributed by atoms with E-state index in [-0.39, 0.29) is 11.6 Å². The molecular formula is C25H29N3O5. The lowest BCUT2D eigenvalue weighted by atomic mass is 9.73. The molecule has 2 aromatic carbocycles. The lowest BCUT2D eigenvalue weighted by molar-refractivity contribution is 0.357. The number of rotatable bonds is 6. The largest absolute Gasteiger partial charge is 0.496 e. The zero-order valence-corrected chi connectivity index (χ0v) is 19.1. The molecule has 3 unspecified atom stereocenters. The van der Waals surface area contributed by atoms with Crippen LogP contribution in [0.15, 0.2) is 39.9 Å². The number of nitrogens with zero attached hydrogens (tertiary/aromatic N) is 1. The Morgan fingerprint density at radius 1 is 1.03 bits per heavy atom. The number of aromatic amines is 1. The molecule has 8 nitrogen and oxygen atoms in total. The number of H-pyrrole nitrogens is 1. The topological polar surface area (TPSA) is 94.6 Å². The van der Waals surface area contributed by atoms with Gasteiger partial charge in [-0.1, -0.05) is 12.1 Å². The van der Waals surface area contributed by atoms with Gasteiger partial charge in [-0.15, -0.1) is 0 Å². The molecule has 0 spiro atoms. The van der Waals surface area contributed by atoms with Crippen LogP contribution >= 0.6 is 0 Å². The summed E-state index contributed by atoms with van der Waals surface area (Å²) in [5, 5.41) is 4.05. The first-order valence-corrected chi connectivity index (χ1v) is 11.3. The Kier molecular flexibility index (Phi) is 5.62. The zero-order valence-electron chi connectivity index (χ0n) is 19.1. The summed E-state index contributed by atoms with van der Waals surface area (Å²) in [6.07, 6.45) is 2.81. The zero-order chi connectivity index (χ0) is 23.1. The van der Waals surface area contributed by atoms with E-state index in [1.807, 2.05) is 6.07 Å². The van der Waals surface area contributed by atoms with E-state index in [0.29, 0.717) is 47.2 Å². The predicted molar refractivity (Wildman–Crippen MR) is 126 cm³/mol. The van der Waals surface area contributed by atoms with E-state index in [1.165, 1.54) is 29.9 Å². The molecule has 3 aromatic rings. The normalized spacial score (nSPS) is 21.5. The fourth-order valence-electron chi connectivity index (χ4n) is 5.72. The molecule has 5 rings (SSSR count). The van der Waals surface area contributed by atoms with Gasteiger partial charge >= 0.3 is 5.69 Å². The molecular weight excluding hydrogens is 422 g/mol. The summed E-state index contributed by atoms with van der Waals surface area (Å²) in [5.74, 6) is 2.67. The van der Waals surface area contributed by atoms with Gasteiger partial charge in [0.1, 0.15) is 11.3 Å². The van der Waals surface area contributed by atoms with Gasteiger partial charge in [0, 0.05) is 18.5 Å². The number of methoxy groups -OCH3 is 3. The summed E-state index contributed by atoms with van der Waals surface area (Å²) in [7, 11) is 4.72. The molecule has 1 aromatic heterocycles. The molecule has 0 amide bonds. The first-order chi connectivity index (χ1) is 16.1. The highest BCUT2D eigenvalue weighted by Crippen LogP contribution is 2.45. The molecule has 1 fully saturated rings. The maximum absolute atomic E-state index is 13.2. The Bertz CT molecular complexity index is 1310. The van der Waals surface area contributed by atoms with Gasteiger partial charge in [0.25, 0.3) is 5.56 Å². The summed E-state index contributed by atoms with van der Waals surface area (Å²) in [6, 6.07) is 9.81. The lowest BCUT2D eigenvalue weighted by Crippen LogP contribution is -2.38. The van der Waals surface area contributed by atoms with Gasteiger partial charge in [-0.3, -0.25) is 9.36 Å². The molecule has 0 saturated carbocycles. The van der Waals surface area contributed by atoms with Crippen LogP contribution in [0.5, 0.6) is 17.2 Å². The highest BCUT2D eigenvalue weighted by Gasteiger charge is 2.40. The molecule has 3 atom stereocenters. The second-order valence-corrected chi connectivity index (χ2v) is 8.77. The summed E-state index contributed by atoms with van der Waals surface area (Å²) in [6.45, 7) is 1.28. The summed E-state index contributed by atoms with van der Waals surface area (Å²) >= 11 is 0. The van der Waals surface area contributed by atoms with Gasteiger partial charge in [0.05, 0.1) is 26.7 Å². The summed E-state index contributed by atoms with van der Waals surface area (Å²) in [4.78, 5) is 28.9. The van der Waals surface area contributed by atoms with Gasteiger partial charge in [-0.2, -0.15) is 0 Å². The van der Waals surface area contributed by atoms with E-state index < -0.39 is 5.69 Å². The van der Waals surface area contributed by atoms with Crippen LogP contribution in [0.2, 0.25) is 0 Å². The molecule has 1 aliphatic carbocycles. The molecule has 1 aliphatic heterocycles. The van der Waals surface area contributed by atoms with Gasteiger partial charge in [0.2, 0.25) is 0 Å². The predicted octanol–water partition coefficient (Wildman–Crippen LogP) is 2.42. The highest BCUT2D eigenvalue weighted by molar-refractivity contribution is 5.86. The van der Waals surface area contributed by atoms with Crippen molar-refractivity contribution in [1.29, 1.82) is 0 Å². The SMILES string of the molecule is COc1cccc2c1CCC1CNC(CCn3c(=O)[nH]c4c(OC)c(OC)ccc4c3=O)C21. The van der Waals surface area contributed by atoms with Gasteiger partial charge < -0.3 is 24.5 Å². The molecule has 2 aliphatic rings. The molecule has 2 heterocycles. The minimum atomic E-state index is -0.445. The van der Waals surface area contributed by atoms with Crippen molar-refractivity contribution in [1.82, 2.24) is 14.9 Å². The van der Waals surface area contributed by atoms with E-state index in [9.17, 15) is 9.59 Å². The smallest absolute Gasteiger partial charge is 0.328 e. The van der Waals surface area contributed by atoms with E-state index in [1.54, 1.807) is 19.2 Å². The molecule has 1 saturated heterocycles. The Balaban J connectivity index is 1.46. The first kappa shape index (κ1) is 21.6. The Labute approximate surface area is 191 Å². The Morgan fingerprint density at radius 3 is 2.61 bits per heavy atom. The van der Waals surface area contributed by atoms with Crippen LogP contribution in [0.1, 0.15) is 29.9 Å². The van der Waals surface area contributed by atoms with Crippen LogP contribution in [-0.4, -0.2) is 43.5 Å². The molecule has 0 bridgehead atoms. The molecule has 33 heavy (non-hydrogen) atoms. The Hall–Kier alpha value is -3.26. The number of benzene rings is 2. The maximum atomic E-state index is 13.2. The number of fused-ring (bicyclic) bond motifs is 4. The van der Waals surface area contributed by atoms with Crippen molar-refractivity contribution in [2.45, 2.75) is 37.8 Å². The molecule has 8 heteroatoms. The van der Waals surface area contributed by atoms with E-state index in [4.69, 9.17) is 14.2 Å². The second kappa shape index (κ2) is 8.59. The highest BCUT2D eigenvalue weighted by atomic mass is 16.5. The van der Waals surface area contributed by atoms with Crippen molar-refractivity contribution in [3.05, 3.63) is 62.3 Å².